The number of cyclic esters (lactones) is 2. The fraction of sp³-hybridized carbons (Fsp3) is 0.900. The van der Waals surface area contributed by atoms with E-state index in [-0.39, 0.29) is 12.8 Å². The van der Waals surface area contributed by atoms with Gasteiger partial charge in [0.25, 0.3) is 0 Å². The van der Waals surface area contributed by atoms with Crippen LogP contribution < -0.4 is 0 Å². The summed E-state index contributed by atoms with van der Waals surface area (Å²) in [5.74, 6) is -1.54. The van der Waals surface area contributed by atoms with Crippen LogP contribution in [0.4, 0.5) is 0 Å². The summed E-state index contributed by atoms with van der Waals surface area (Å²) in [6, 6.07) is 0. The Kier molecular flexibility index (Phi) is 9.19. The minimum Gasteiger partial charge on any atom is -0.463 e. The molecule has 0 spiro atoms. The summed E-state index contributed by atoms with van der Waals surface area (Å²) in [4.78, 5) is 24.5. The third-order valence-corrected chi connectivity index (χ3v) is 5.80. The minimum atomic E-state index is -1.67. The van der Waals surface area contributed by atoms with E-state index >= 15 is 0 Å². The maximum Gasteiger partial charge on any atom is 0.308 e. The highest BCUT2D eigenvalue weighted by molar-refractivity contribution is 5.70. The van der Waals surface area contributed by atoms with Gasteiger partial charge in [0.1, 0.15) is 62.0 Å². The maximum absolute atomic E-state index is 12.2. The molecule has 0 saturated carbocycles. The van der Waals surface area contributed by atoms with E-state index in [2.05, 4.69) is 0 Å². The zero-order chi connectivity index (χ0) is 25.2. The summed E-state index contributed by atoms with van der Waals surface area (Å²) in [5.41, 5.74) is 0. The normalized spacial score (nSPS) is 47.6. The largest absolute Gasteiger partial charge is 0.463 e. The SMILES string of the molecule is C[C@H]1CC(=O)OC[C@H]2O[C@@H](O[C@@H](C)CC(=O)OC[C@H]3O[C@@H](O1)[C@H](O)[C@@H](O)[C@@H]3O)[C@H](O)[C@@H](O)[C@@H]2O. The van der Waals surface area contributed by atoms with Crippen molar-refractivity contribution >= 4 is 11.9 Å². The Balaban J connectivity index is 1.76. The molecule has 0 unspecified atom stereocenters. The van der Waals surface area contributed by atoms with Crippen LogP contribution in [0.25, 0.3) is 0 Å². The van der Waals surface area contributed by atoms with E-state index < -0.39 is 98.8 Å². The van der Waals surface area contributed by atoms with Crippen molar-refractivity contribution in [3.63, 3.8) is 0 Å². The quantitative estimate of drug-likeness (QED) is 0.178. The van der Waals surface area contributed by atoms with Crippen LogP contribution in [0.15, 0.2) is 0 Å². The van der Waals surface area contributed by atoms with E-state index in [0.29, 0.717) is 0 Å². The van der Waals surface area contributed by atoms with Crippen molar-refractivity contribution in [2.45, 2.75) is 100 Å². The number of carbonyl (C=O) groups excluding carboxylic acids is 2. The van der Waals surface area contributed by atoms with Crippen molar-refractivity contribution in [2.75, 3.05) is 13.2 Å². The first-order valence-electron chi connectivity index (χ1n) is 11.0. The lowest BCUT2D eigenvalue weighted by molar-refractivity contribution is -0.314. The lowest BCUT2D eigenvalue weighted by Crippen LogP contribution is -2.60. The third kappa shape index (κ3) is 6.40. The molecule has 0 aromatic heterocycles. The van der Waals surface area contributed by atoms with Gasteiger partial charge in [0, 0.05) is 0 Å². The second kappa shape index (κ2) is 11.5. The summed E-state index contributed by atoms with van der Waals surface area (Å²) >= 11 is 0. The van der Waals surface area contributed by atoms with Gasteiger partial charge in [-0.1, -0.05) is 0 Å². The Bertz CT molecular complexity index is 647. The van der Waals surface area contributed by atoms with Crippen LogP contribution in [0.1, 0.15) is 26.7 Å². The zero-order valence-electron chi connectivity index (χ0n) is 18.7. The predicted octanol–water partition coefficient (Wildman–Crippen LogP) is -3.71. The average molecular weight is 496 g/mol. The number of hydrogen-bond acceptors (Lipinski definition) is 14. The summed E-state index contributed by atoms with van der Waals surface area (Å²) < 4.78 is 32.1. The number of aliphatic hydroxyl groups is 6. The molecule has 0 aromatic carbocycles. The zero-order valence-corrected chi connectivity index (χ0v) is 18.7. The Morgan fingerprint density at radius 1 is 0.559 bits per heavy atom. The molecule has 3 aliphatic heterocycles. The number of fused-ring (bicyclic) bond motifs is 4. The standard InChI is InChI=1S/C20H32O14/c1-7-3-11(21)29-5-10-14(24)16(26)18(28)20(34-10)32-8(2)4-12(22)30-6-9-13(23)15(25)17(27)19(31-7)33-9/h7-10,13-20,23-28H,3-6H2,1-2H3/t7-,8-,9+,10+,13+,14+,15-,16-,17+,18+,19+,20+/m0/s1. The fourth-order valence-electron chi connectivity index (χ4n) is 3.82. The van der Waals surface area contributed by atoms with Crippen LogP contribution in [-0.4, -0.2) is 129 Å². The molecule has 0 amide bonds. The van der Waals surface area contributed by atoms with Crippen molar-refractivity contribution in [2.24, 2.45) is 0 Å². The monoisotopic (exact) mass is 496 g/mol. The third-order valence-electron chi connectivity index (χ3n) is 5.80. The van der Waals surface area contributed by atoms with Gasteiger partial charge in [0.2, 0.25) is 0 Å². The fourth-order valence-corrected chi connectivity index (χ4v) is 3.82. The lowest BCUT2D eigenvalue weighted by Gasteiger charge is -2.41. The Hall–Kier alpha value is -1.46. The van der Waals surface area contributed by atoms with Gasteiger partial charge in [0.05, 0.1) is 25.0 Å². The van der Waals surface area contributed by atoms with Crippen molar-refractivity contribution in [3.8, 4) is 0 Å². The van der Waals surface area contributed by atoms with Gasteiger partial charge in [-0.3, -0.25) is 9.59 Å². The van der Waals surface area contributed by atoms with Gasteiger partial charge in [-0.05, 0) is 13.8 Å². The molecular formula is C20H32O14. The Labute approximate surface area is 194 Å². The van der Waals surface area contributed by atoms with E-state index in [4.69, 9.17) is 28.4 Å². The van der Waals surface area contributed by atoms with Gasteiger partial charge in [-0.25, -0.2) is 0 Å². The van der Waals surface area contributed by atoms with E-state index in [1.165, 1.54) is 13.8 Å². The highest BCUT2D eigenvalue weighted by Crippen LogP contribution is 2.26. The molecule has 14 heteroatoms. The number of hydrogen-bond donors (Lipinski definition) is 6. The maximum atomic E-state index is 12.2. The van der Waals surface area contributed by atoms with Gasteiger partial charge in [-0.15, -0.1) is 0 Å². The molecule has 4 bridgehead atoms. The van der Waals surface area contributed by atoms with E-state index in [9.17, 15) is 40.2 Å². The molecular weight excluding hydrogens is 464 g/mol. The number of aliphatic hydroxyl groups excluding tert-OH is 6. The molecule has 6 N–H and O–H groups in total. The molecule has 0 aliphatic carbocycles. The first kappa shape index (κ1) is 27.1. The van der Waals surface area contributed by atoms with Crippen LogP contribution in [0, 0.1) is 0 Å². The van der Waals surface area contributed by atoms with E-state index in [0.717, 1.165) is 0 Å². The van der Waals surface area contributed by atoms with Gasteiger partial charge < -0.3 is 59.1 Å². The molecule has 14 nitrogen and oxygen atoms in total. The van der Waals surface area contributed by atoms with E-state index in [1.807, 2.05) is 0 Å². The second-order valence-electron chi connectivity index (χ2n) is 8.70. The minimum absolute atomic E-state index is 0.324. The van der Waals surface area contributed by atoms with Gasteiger partial charge in [0.15, 0.2) is 12.6 Å². The van der Waals surface area contributed by atoms with E-state index in [1.54, 1.807) is 0 Å². The molecule has 0 radical (unpaired) electrons. The molecule has 3 heterocycles. The van der Waals surface area contributed by atoms with Crippen LogP contribution in [0.5, 0.6) is 0 Å². The summed E-state index contributed by atoms with van der Waals surface area (Å²) in [6.07, 6.45) is -17.5. The Morgan fingerprint density at radius 3 is 1.26 bits per heavy atom. The van der Waals surface area contributed by atoms with Crippen molar-refractivity contribution in [1.82, 2.24) is 0 Å². The molecule has 196 valence electrons. The van der Waals surface area contributed by atoms with Crippen LogP contribution in [0.2, 0.25) is 0 Å². The molecule has 3 rings (SSSR count). The van der Waals surface area contributed by atoms with Crippen LogP contribution >= 0.6 is 0 Å². The highest BCUT2D eigenvalue weighted by atomic mass is 16.7. The second-order valence-corrected chi connectivity index (χ2v) is 8.70. The molecule has 12 atom stereocenters. The average Bonchev–Trinajstić information content (AvgIpc) is 2.77. The number of carbonyl (C=O) groups is 2. The molecule has 0 aromatic rings. The highest BCUT2D eigenvalue weighted by Gasteiger charge is 2.47. The molecule has 3 saturated heterocycles. The first-order chi connectivity index (χ1) is 16.0. The topological polar surface area (TPSA) is 211 Å². The Morgan fingerprint density at radius 2 is 0.912 bits per heavy atom. The smallest absolute Gasteiger partial charge is 0.308 e. The number of ether oxygens (including phenoxy) is 6. The molecule has 34 heavy (non-hydrogen) atoms. The molecule has 3 fully saturated rings. The van der Waals surface area contributed by atoms with Crippen molar-refractivity contribution in [1.29, 1.82) is 0 Å². The summed E-state index contributed by atoms with van der Waals surface area (Å²) in [5, 5.41) is 60.9. The van der Waals surface area contributed by atoms with Crippen molar-refractivity contribution in [3.05, 3.63) is 0 Å². The summed E-state index contributed by atoms with van der Waals surface area (Å²) in [7, 11) is 0. The first-order valence-corrected chi connectivity index (χ1v) is 11.0. The predicted molar refractivity (Wildman–Crippen MR) is 106 cm³/mol. The summed E-state index contributed by atoms with van der Waals surface area (Å²) in [6.45, 7) is 1.98. The molecule has 3 aliphatic rings. The van der Waals surface area contributed by atoms with Crippen molar-refractivity contribution < 1.29 is 68.6 Å². The van der Waals surface area contributed by atoms with Crippen LogP contribution in [-0.2, 0) is 38.0 Å². The van der Waals surface area contributed by atoms with Gasteiger partial charge in [-0.2, -0.15) is 0 Å². The van der Waals surface area contributed by atoms with Crippen LogP contribution in [0.3, 0.4) is 0 Å². The number of esters is 2. The number of rotatable bonds is 0. The lowest BCUT2D eigenvalue weighted by atomic mass is 9.99. The van der Waals surface area contributed by atoms with Gasteiger partial charge >= 0.3 is 11.9 Å².